The minimum atomic E-state index is -3.55. The molecular formula is C34H42ClN3O5S. The van der Waals surface area contributed by atoms with Crippen molar-refractivity contribution in [1.82, 2.24) is 14.9 Å². The molecule has 0 heterocycles. The first-order chi connectivity index (χ1) is 21.1. The molecule has 236 valence electrons. The molecule has 2 amide bonds. The maximum Gasteiger partial charge on any atom is 0.243 e. The molecule has 4 rings (SSSR count). The predicted octanol–water partition coefficient (Wildman–Crippen LogP) is 5.28. The van der Waals surface area contributed by atoms with Gasteiger partial charge < -0.3 is 15.0 Å². The number of halogens is 1. The summed E-state index contributed by atoms with van der Waals surface area (Å²) in [6, 6.07) is 22.8. The first-order valence-electron chi connectivity index (χ1n) is 15.2. The number of rotatable bonds is 17. The molecule has 8 nitrogen and oxygen atoms in total. The molecule has 0 spiro atoms. The summed E-state index contributed by atoms with van der Waals surface area (Å²) in [4.78, 5) is 29.5. The van der Waals surface area contributed by atoms with Crippen LogP contribution in [0.3, 0.4) is 0 Å². The Morgan fingerprint density at radius 3 is 2.23 bits per heavy atom. The molecule has 0 radical (unpaired) electrons. The summed E-state index contributed by atoms with van der Waals surface area (Å²) < 4.78 is 33.4. The molecule has 1 fully saturated rings. The molecule has 1 atom stereocenters. The lowest BCUT2D eigenvalue weighted by Crippen LogP contribution is -2.50. The van der Waals surface area contributed by atoms with Gasteiger partial charge in [-0.15, -0.1) is 0 Å². The molecule has 0 aliphatic heterocycles. The van der Waals surface area contributed by atoms with Gasteiger partial charge in [-0.2, -0.15) is 0 Å². The van der Waals surface area contributed by atoms with Gasteiger partial charge in [0.25, 0.3) is 0 Å². The van der Waals surface area contributed by atoms with Gasteiger partial charge in [-0.25, -0.2) is 13.1 Å². The van der Waals surface area contributed by atoms with E-state index in [-0.39, 0.29) is 41.8 Å². The average Bonchev–Trinajstić information content (AvgIpc) is 3.82. The van der Waals surface area contributed by atoms with E-state index in [0.29, 0.717) is 37.4 Å². The van der Waals surface area contributed by atoms with Gasteiger partial charge in [0, 0.05) is 43.6 Å². The van der Waals surface area contributed by atoms with E-state index in [1.165, 1.54) is 0 Å². The Labute approximate surface area is 266 Å². The largest absolute Gasteiger partial charge is 0.379 e. The fourth-order valence-corrected chi connectivity index (χ4v) is 6.21. The van der Waals surface area contributed by atoms with Crippen LogP contribution in [0.15, 0.2) is 83.8 Å². The molecule has 1 unspecified atom stereocenters. The van der Waals surface area contributed by atoms with Gasteiger partial charge in [0.05, 0.1) is 11.0 Å². The number of carbonyl (C=O) groups is 2. The fourth-order valence-electron chi connectivity index (χ4n) is 4.78. The van der Waals surface area contributed by atoms with Crippen molar-refractivity contribution in [3.63, 3.8) is 0 Å². The number of hydrogen-bond donors (Lipinski definition) is 2. The Hall–Kier alpha value is -3.24. The Bertz CT molecular complexity index is 1460. The van der Waals surface area contributed by atoms with Crippen LogP contribution in [0.5, 0.6) is 0 Å². The average molecular weight is 640 g/mol. The van der Waals surface area contributed by atoms with Crippen molar-refractivity contribution < 1.29 is 22.7 Å². The minimum absolute atomic E-state index is 0.0262. The monoisotopic (exact) mass is 639 g/mol. The zero-order valence-electron chi connectivity index (χ0n) is 25.4. The number of nitrogens with zero attached hydrogens (tertiary/aromatic N) is 1. The van der Waals surface area contributed by atoms with Gasteiger partial charge in [0.2, 0.25) is 21.8 Å². The number of hydrogen-bond acceptors (Lipinski definition) is 5. The van der Waals surface area contributed by atoms with Gasteiger partial charge >= 0.3 is 0 Å². The molecule has 44 heavy (non-hydrogen) atoms. The zero-order chi connectivity index (χ0) is 31.5. The van der Waals surface area contributed by atoms with Crippen LogP contribution in [-0.4, -0.2) is 56.5 Å². The zero-order valence-corrected chi connectivity index (χ0v) is 26.9. The number of sulfonamides is 1. The Kier molecular flexibility index (Phi) is 12.4. The normalized spacial score (nSPS) is 13.9. The fraction of sp³-hybridized carbons (Fsp3) is 0.412. The van der Waals surface area contributed by atoms with E-state index in [1.807, 2.05) is 56.3 Å². The molecular weight excluding hydrogens is 598 g/mol. The molecule has 0 saturated heterocycles. The number of nitrogens with one attached hydrogen (secondary N) is 2. The molecule has 10 heteroatoms. The van der Waals surface area contributed by atoms with Crippen molar-refractivity contribution in [3.8, 4) is 0 Å². The Balaban J connectivity index is 1.51. The topological polar surface area (TPSA) is 105 Å². The standard InChI is InChI=1S/C34H42ClN3O5S/c1-25(2)43-22-6-21-36-34(40)32(23-27-7-4-3-5-8-27)38(24-28-9-14-29(35)15-10-28)33(39)20-13-26-11-18-31(19-12-26)44(41,42)37-30-16-17-30/h3-5,7-12,14-15,18-19,25,30,32,37H,6,13,16-17,20-24H2,1-2H3,(H,36,40). The molecule has 3 aromatic carbocycles. The number of carbonyl (C=O) groups excluding carboxylic acids is 2. The highest BCUT2D eigenvalue weighted by Crippen LogP contribution is 2.23. The highest BCUT2D eigenvalue weighted by Gasteiger charge is 2.30. The quantitative estimate of drug-likeness (QED) is 0.196. The minimum Gasteiger partial charge on any atom is -0.379 e. The van der Waals surface area contributed by atoms with E-state index < -0.39 is 16.1 Å². The summed E-state index contributed by atoms with van der Waals surface area (Å²) in [5.41, 5.74) is 2.64. The lowest BCUT2D eigenvalue weighted by molar-refractivity contribution is -0.141. The lowest BCUT2D eigenvalue weighted by atomic mass is 10.0. The number of aryl methyl sites for hydroxylation is 1. The van der Waals surface area contributed by atoms with Crippen molar-refractivity contribution in [2.45, 2.75) is 82.0 Å². The second-order valence-corrected chi connectivity index (χ2v) is 13.6. The van der Waals surface area contributed by atoms with Gasteiger partial charge in [0.15, 0.2) is 0 Å². The van der Waals surface area contributed by atoms with Crippen LogP contribution in [0, 0.1) is 0 Å². The highest BCUT2D eigenvalue weighted by molar-refractivity contribution is 7.89. The summed E-state index contributed by atoms with van der Waals surface area (Å²) >= 11 is 6.12. The molecule has 1 aliphatic rings. The van der Waals surface area contributed by atoms with Crippen LogP contribution >= 0.6 is 11.6 Å². The number of benzene rings is 3. The summed E-state index contributed by atoms with van der Waals surface area (Å²) in [6.07, 6.45) is 3.41. The van der Waals surface area contributed by atoms with Crippen LogP contribution in [0.2, 0.25) is 5.02 Å². The molecule has 1 aliphatic carbocycles. The van der Waals surface area contributed by atoms with Crippen molar-refractivity contribution in [3.05, 3.63) is 101 Å². The van der Waals surface area contributed by atoms with Crippen LogP contribution in [0.4, 0.5) is 0 Å². The van der Waals surface area contributed by atoms with Crippen LogP contribution in [0.25, 0.3) is 0 Å². The van der Waals surface area contributed by atoms with Gasteiger partial charge in [-0.05, 0) is 80.5 Å². The smallest absolute Gasteiger partial charge is 0.243 e. The maximum atomic E-state index is 13.9. The van der Waals surface area contributed by atoms with E-state index in [1.54, 1.807) is 41.3 Å². The van der Waals surface area contributed by atoms with E-state index in [9.17, 15) is 18.0 Å². The number of ether oxygens (including phenoxy) is 1. The maximum absolute atomic E-state index is 13.9. The number of amides is 2. The second-order valence-electron chi connectivity index (χ2n) is 11.5. The summed E-state index contributed by atoms with van der Waals surface area (Å²) in [6.45, 7) is 5.15. The third kappa shape index (κ3) is 10.7. The second kappa shape index (κ2) is 16.2. The molecule has 0 bridgehead atoms. The van der Waals surface area contributed by atoms with Crippen molar-refractivity contribution in [1.29, 1.82) is 0 Å². The van der Waals surface area contributed by atoms with Crippen molar-refractivity contribution in [2.75, 3.05) is 13.2 Å². The lowest BCUT2D eigenvalue weighted by Gasteiger charge is -2.32. The van der Waals surface area contributed by atoms with Crippen LogP contribution in [-0.2, 0) is 43.7 Å². The van der Waals surface area contributed by atoms with Crippen molar-refractivity contribution >= 4 is 33.4 Å². The SMILES string of the molecule is CC(C)OCCCNC(=O)C(Cc1ccccc1)N(Cc1ccc(Cl)cc1)C(=O)CCc1ccc(S(=O)(=O)NC2CC2)cc1. The van der Waals surface area contributed by atoms with Crippen LogP contribution < -0.4 is 10.0 Å². The Morgan fingerprint density at radius 1 is 0.932 bits per heavy atom. The first-order valence-corrected chi connectivity index (χ1v) is 17.1. The van der Waals surface area contributed by atoms with E-state index in [4.69, 9.17) is 16.3 Å². The van der Waals surface area contributed by atoms with Crippen LogP contribution in [0.1, 0.15) is 56.2 Å². The Morgan fingerprint density at radius 2 is 1.59 bits per heavy atom. The van der Waals surface area contributed by atoms with E-state index in [0.717, 1.165) is 29.5 Å². The van der Waals surface area contributed by atoms with Gasteiger partial charge in [0.1, 0.15) is 6.04 Å². The summed E-state index contributed by atoms with van der Waals surface area (Å²) in [5.74, 6) is -0.398. The highest BCUT2D eigenvalue weighted by atomic mass is 35.5. The summed E-state index contributed by atoms with van der Waals surface area (Å²) in [5, 5.41) is 3.61. The van der Waals surface area contributed by atoms with Crippen molar-refractivity contribution in [2.24, 2.45) is 0 Å². The molecule has 2 N–H and O–H groups in total. The third-order valence-corrected chi connectivity index (χ3v) is 9.16. The first kappa shape index (κ1) is 33.6. The van der Waals surface area contributed by atoms with E-state index in [2.05, 4.69) is 10.0 Å². The predicted molar refractivity (Wildman–Crippen MR) is 173 cm³/mol. The third-order valence-electron chi connectivity index (χ3n) is 7.37. The molecule has 3 aromatic rings. The van der Waals surface area contributed by atoms with Gasteiger partial charge in [-0.1, -0.05) is 66.2 Å². The summed E-state index contributed by atoms with van der Waals surface area (Å²) in [7, 11) is -3.55. The van der Waals surface area contributed by atoms with Gasteiger partial charge in [-0.3, -0.25) is 9.59 Å². The molecule has 0 aromatic heterocycles. The molecule has 1 saturated carbocycles. The van der Waals surface area contributed by atoms with E-state index >= 15 is 0 Å².